The molecule has 0 saturated carbocycles. The second-order valence-electron chi connectivity index (χ2n) is 8.67. The summed E-state index contributed by atoms with van der Waals surface area (Å²) in [5.74, 6) is 0.649. The number of rotatable bonds is 9. The van der Waals surface area contributed by atoms with Crippen LogP contribution >= 0.6 is 11.3 Å². The van der Waals surface area contributed by atoms with Crippen LogP contribution < -0.4 is 5.32 Å². The minimum absolute atomic E-state index is 0.0396. The average Bonchev–Trinajstić information content (AvgIpc) is 3.31. The number of non-ortho nitro benzene ring substituents is 1. The summed E-state index contributed by atoms with van der Waals surface area (Å²) < 4.78 is 6.02. The fraction of sp³-hybridized carbons (Fsp3) is 0.222. The zero-order chi connectivity index (χ0) is 25.8. The number of fused-ring (bicyclic) bond motifs is 3. The maximum Gasteiger partial charge on any atom is 0.269 e. The molecular formula is C27H25N5O4S. The molecule has 3 heterocycles. The van der Waals surface area contributed by atoms with Gasteiger partial charge in [0, 0.05) is 23.6 Å². The summed E-state index contributed by atoms with van der Waals surface area (Å²) in [5, 5.41) is 15.6. The average molecular weight is 516 g/mol. The number of nitrogens with one attached hydrogen (secondary N) is 1. The van der Waals surface area contributed by atoms with Crippen molar-refractivity contribution in [1.29, 1.82) is 0 Å². The van der Waals surface area contributed by atoms with Crippen LogP contribution in [0.1, 0.15) is 27.6 Å². The zero-order valence-electron chi connectivity index (χ0n) is 20.0. The molecule has 10 heteroatoms. The van der Waals surface area contributed by atoms with Crippen LogP contribution in [0.3, 0.4) is 0 Å². The molecule has 1 N–H and O–H groups in total. The van der Waals surface area contributed by atoms with Crippen LogP contribution in [0.5, 0.6) is 0 Å². The van der Waals surface area contributed by atoms with Gasteiger partial charge in [-0.25, -0.2) is 9.97 Å². The third-order valence-corrected chi connectivity index (χ3v) is 7.44. The second-order valence-corrected chi connectivity index (χ2v) is 9.75. The summed E-state index contributed by atoms with van der Waals surface area (Å²) in [6.07, 6.45) is 3.62. The smallest absolute Gasteiger partial charge is 0.269 e. The molecule has 2 aromatic carbocycles. The first-order chi connectivity index (χ1) is 18.0. The standard InChI is InChI=1S/C27H25N5O4S/c1-2-24(33)31-12-11-21-23(14-31)37-27-25(21)26(28-17-29-27)30-22(19-8-4-3-5-9-19)16-36-15-18-7-6-10-20(13-18)32(34)35/h2-10,13,17,22H,1,11-12,14-16H2,(H,28,29,30)/t22-/m1/s1. The van der Waals surface area contributed by atoms with Gasteiger partial charge in [-0.15, -0.1) is 11.3 Å². The van der Waals surface area contributed by atoms with Gasteiger partial charge in [0.1, 0.15) is 17.0 Å². The predicted octanol–water partition coefficient (Wildman–Crippen LogP) is 5.04. The lowest BCUT2D eigenvalue weighted by molar-refractivity contribution is -0.384. The minimum atomic E-state index is -0.410. The van der Waals surface area contributed by atoms with Gasteiger partial charge < -0.3 is 15.0 Å². The first-order valence-electron chi connectivity index (χ1n) is 11.8. The molecule has 2 aromatic heterocycles. The van der Waals surface area contributed by atoms with Crippen molar-refractivity contribution in [2.75, 3.05) is 18.5 Å². The van der Waals surface area contributed by atoms with Gasteiger partial charge in [0.15, 0.2) is 0 Å². The van der Waals surface area contributed by atoms with Crippen molar-refractivity contribution >= 4 is 39.0 Å². The molecule has 0 radical (unpaired) electrons. The van der Waals surface area contributed by atoms with E-state index in [2.05, 4.69) is 21.9 Å². The second kappa shape index (κ2) is 10.9. The van der Waals surface area contributed by atoms with Crippen molar-refractivity contribution in [2.45, 2.75) is 25.6 Å². The number of hydrogen-bond acceptors (Lipinski definition) is 8. The van der Waals surface area contributed by atoms with Gasteiger partial charge in [-0.2, -0.15) is 0 Å². The Morgan fingerprint density at radius 1 is 1.24 bits per heavy atom. The van der Waals surface area contributed by atoms with Crippen LogP contribution in [0.25, 0.3) is 10.2 Å². The van der Waals surface area contributed by atoms with E-state index in [1.165, 1.54) is 23.8 Å². The third-order valence-electron chi connectivity index (χ3n) is 6.31. The Kier molecular flexibility index (Phi) is 7.20. The van der Waals surface area contributed by atoms with E-state index in [0.29, 0.717) is 19.7 Å². The highest BCUT2D eigenvalue weighted by Crippen LogP contribution is 2.38. The van der Waals surface area contributed by atoms with Crippen LogP contribution in [-0.4, -0.2) is 38.8 Å². The molecule has 37 heavy (non-hydrogen) atoms. The Hall–Kier alpha value is -4.15. The quantitative estimate of drug-likeness (QED) is 0.189. The Morgan fingerprint density at radius 2 is 2.08 bits per heavy atom. The molecule has 1 amide bonds. The van der Waals surface area contributed by atoms with Crippen molar-refractivity contribution in [2.24, 2.45) is 0 Å². The van der Waals surface area contributed by atoms with Crippen molar-refractivity contribution in [3.8, 4) is 0 Å². The number of aromatic nitrogens is 2. The molecule has 0 fully saturated rings. The number of hydrogen-bond donors (Lipinski definition) is 1. The molecule has 0 aliphatic carbocycles. The van der Waals surface area contributed by atoms with Gasteiger partial charge in [0.05, 0.1) is 36.1 Å². The lowest BCUT2D eigenvalue weighted by Gasteiger charge is -2.26. The van der Waals surface area contributed by atoms with Gasteiger partial charge in [-0.05, 0) is 29.2 Å². The Morgan fingerprint density at radius 3 is 2.86 bits per heavy atom. The Labute approximate surface area is 217 Å². The van der Waals surface area contributed by atoms with Gasteiger partial charge in [-0.3, -0.25) is 14.9 Å². The fourth-order valence-corrected chi connectivity index (χ4v) is 5.68. The maximum absolute atomic E-state index is 12.1. The first-order valence-corrected chi connectivity index (χ1v) is 12.6. The summed E-state index contributed by atoms with van der Waals surface area (Å²) in [7, 11) is 0. The largest absolute Gasteiger partial charge is 0.374 e. The number of anilines is 1. The van der Waals surface area contributed by atoms with E-state index in [4.69, 9.17) is 4.74 Å². The number of nitro groups is 1. The number of carbonyl (C=O) groups excluding carboxylic acids is 1. The molecular weight excluding hydrogens is 490 g/mol. The molecule has 1 aliphatic heterocycles. The molecule has 1 aliphatic rings. The first kappa shape index (κ1) is 24.5. The van der Waals surface area contributed by atoms with Gasteiger partial charge >= 0.3 is 0 Å². The van der Waals surface area contributed by atoms with Crippen molar-refractivity contribution in [3.63, 3.8) is 0 Å². The number of amides is 1. The van der Waals surface area contributed by atoms with E-state index in [1.54, 1.807) is 28.6 Å². The molecule has 1 atom stereocenters. The number of nitrogens with zero attached hydrogens (tertiary/aromatic N) is 4. The normalized spacial score (nSPS) is 13.7. The van der Waals surface area contributed by atoms with E-state index in [1.807, 2.05) is 36.4 Å². The molecule has 5 rings (SSSR count). The van der Waals surface area contributed by atoms with Crippen molar-refractivity contribution in [3.05, 3.63) is 105 Å². The molecule has 9 nitrogen and oxygen atoms in total. The highest BCUT2D eigenvalue weighted by Gasteiger charge is 2.26. The van der Waals surface area contributed by atoms with E-state index >= 15 is 0 Å². The number of benzene rings is 2. The summed E-state index contributed by atoms with van der Waals surface area (Å²) in [4.78, 5) is 35.7. The van der Waals surface area contributed by atoms with Crippen LogP contribution in [0.2, 0.25) is 0 Å². The fourth-order valence-electron chi connectivity index (χ4n) is 4.48. The minimum Gasteiger partial charge on any atom is -0.374 e. The lowest BCUT2D eigenvalue weighted by Crippen LogP contribution is -2.34. The maximum atomic E-state index is 12.1. The number of nitro benzene ring substituents is 1. The number of carbonyl (C=O) groups is 1. The SMILES string of the molecule is C=CC(=O)N1CCc2c(sc3ncnc(N[C@H](COCc4cccc([N+](=O)[O-])c4)c4ccccc4)c23)C1. The van der Waals surface area contributed by atoms with E-state index in [9.17, 15) is 14.9 Å². The van der Waals surface area contributed by atoms with Crippen molar-refractivity contribution < 1.29 is 14.5 Å². The Balaban J connectivity index is 1.39. The van der Waals surface area contributed by atoms with Crippen LogP contribution in [0, 0.1) is 10.1 Å². The van der Waals surface area contributed by atoms with Gasteiger partial charge in [-0.1, -0.05) is 49.0 Å². The molecule has 0 saturated heterocycles. The molecule has 4 aromatic rings. The molecule has 0 spiro atoms. The Bertz CT molecular complexity index is 1460. The van der Waals surface area contributed by atoms with Crippen LogP contribution in [0.4, 0.5) is 11.5 Å². The topological polar surface area (TPSA) is 110 Å². The lowest BCUT2D eigenvalue weighted by atomic mass is 10.0. The van der Waals surface area contributed by atoms with Crippen molar-refractivity contribution in [1.82, 2.24) is 14.9 Å². The monoisotopic (exact) mass is 515 g/mol. The number of thiophene rings is 1. The molecule has 0 unspecified atom stereocenters. The molecule has 0 bridgehead atoms. The summed E-state index contributed by atoms with van der Waals surface area (Å²) in [6.45, 7) is 5.33. The van der Waals surface area contributed by atoms with Crippen LogP contribution in [0.15, 0.2) is 73.6 Å². The summed E-state index contributed by atoms with van der Waals surface area (Å²) in [6, 6.07) is 16.2. The summed E-state index contributed by atoms with van der Waals surface area (Å²) in [5.41, 5.74) is 2.97. The third kappa shape index (κ3) is 5.35. The van der Waals surface area contributed by atoms with E-state index in [-0.39, 0.29) is 24.2 Å². The predicted molar refractivity (Wildman–Crippen MR) is 142 cm³/mol. The molecule has 188 valence electrons. The van der Waals surface area contributed by atoms with Gasteiger partial charge in [0.25, 0.3) is 5.69 Å². The van der Waals surface area contributed by atoms with E-state index < -0.39 is 4.92 Å². The summed E-state index contributed by atoms with van der Waals surface area (Å²) >= 11 is 1.58. The van der Waals surface area contributed by atoms with Crippen LogP contribution in [-0.2, 0) is 29.1 Å². The van der Waals surface area contributed by atoms with Gasteiger partial charge in [0.2, 0.25) is 5.91 Å². The highest BCUT2D eigenvalue weighted by molar-refractivity contribution is 7.19. The number of ether oxygens (including phenoxy) is 1. The highest BCUT2D eigenvalue weighted by atomic mass is 32.1. The zero-order valence-corrected chi connectivity index (χ0v) is 20.8. The van der Waals surface area contributed by atoms with E-state index in [0.717, 1.165) is 38.5 Å².